The maximum absolute atomic E-state index is 11.4. The Hall–Kier alpha value is -2.07. The number of benzene rings is 2. The van der Waals surface area contributed by atoms with Crippen LogP contribution in [-0.2, 0) is 9.53 Å². The van der Waals surface area contributed by atoms with Gasteiger partial charge in [0.2, 0.25) is 0 Å². The molecule has 2 N–H and O–H groups in total. The zero-order valence-corrected chi connectivity index (χ0v) is 10.3. The van der Waals surface area contributed by atoms with Crippen molar-refractivity contribution in [2.45, 2.75) is 6.04 Å². The molecular formula is C14H15NO3. The molecule has 0 aliphatic rings. The van der Waals surface area contributed by atoms with Gasteiger partial charge in [0.05, 0.1) is 14.2 Å². The summed E-state index contributed by atoms with van der Waals surface area (Å²) in [5.74, 6) is 0.357. The van der Waals surface area contributed by atoms with Gasteiger partial charge < -0.3 is 15.2 Å². The van der Waals surface area contributed by atoms with Gasteiger partial charge in [-0.2, -0.15) is 0 Å². The molecule has 0 aliphatic heterocycles. The van der Waals surface area contributed by atoms with E-state index < -0.39 is 12.0 Å². The second-order valence-corrected chi connectivity index (χ2v) is 3.97. The summed E-state index contributed by atoms with van der Waals surface area (Å²) in [6.45, 7) is 0. The molecule has 4 nitrogen and oxygen atoms in total. The third kappa shape index (κ3) is 2.28. The molecule has 2 rings (SSSR count). The van der Waals surface area contributed by atoms with Crippen LogP contribution in [0.3, 0.4) is 0 Å². The maximum Gasteiger partial charge on any atom is 0.327 e. The van der Waals surface area contributed by atoms with Crippen molar-refractivity contribution in [2.24, 2.45) is 5.73 Å². The molecule has 0 aliphatic carbocycles. The van der Waals surface area contributed by atoms with Gasteiger partial charge in [0.15, 0.2) is 0 Å². The lowest BCUT2D eigenvalue weighted by Gasteiger charge is -2.10. The molecule has 18 heavy (non-hydrogen) atoms. The monoisotopic (exact) mass is 245 g/mol. The second-order valence-electron chi connectivity index (χ2n) is 3.97. The van der Waals surface area contributed by atoms with Crippen molar-refractivity contribution in [1.82, 2.24) is 0 Å². The highest BCUT2D eigenvalue weighted by Crippen LogP contribution is 2.24. The Balaban J connectivity index is 2.42. The van der Waals surface area contributed by atoms with Gasteiger partial charge in [-0.25, -0.2) is 0 Å². The standard InChI is InChI=1S/C14H15NO3/c1-17-12-6-5-9-7-11(4-3-10(9)8-12)13(15)14(16)18-2/h3-8,13H,15H2,1-2H3/t13-/m1/s1. The van der Waals surface area contributed by atoms with E-state index in [-0.39, 0.29) is 0 Å². The summed E-state index contributed by atoms with van der Waals surface area (Å²) in [5.41, 5.74) is 6.53. The van der Waals surface area contributed by atoms with E-state index in [9.17, 15) is 4.79 Å². The van der Waals surface area contributed by atoms with Crippen molar-refractivity contribution >= 4 is 16.7 Å². The molecule has 0 spiro atoms. The molecule has 2 aromatic carbocycles. The first-order valence-electron chi connectivity index (χ1n) is 5.57. The Bertz CT molecular complexity index is 580. The maximum atomic E-state index is 11.4. The van der Waals surface area contributed by atoms with Gasteiger partial charge in [-0.1, -0.05) is 18.2 Å². The summed E-state index contributed by atoms with van der Waals surface area (Å²) in [6, 6.07) is 10.6. The number of hydrogen-bond acceptors (Lipinski definition) is 4. The fraction of sp³-hybridized carbons (Fsp3) is 0.214. The van der Waals surface area contributed by atoms with Crippen molar-refractivity contribution in [2.75, 3.05) is 14.2 Å². The summed E-state index contributed by atoms with van der Waals surface area (Å²) in [6.07, 6.45) is 0. The number of methoxy groups -OCH3 is 2. The van der Waals surface area contributed by atoms with Crippen LogP contribution >= 0.6 is 0 Å². The minimum atomic E-state index is -0.749. The van der Waals surface area contributed by atoms with Crippen LogP contribution in [0, 0.1) is 0 Å². The van der Waals surface area contributed by atoms with Crippen molar-refractivity contribution in [3.05, 3.63) is 42.0 Å². The fourth-order valence-corrected chi connectivity index (χ4v) is 1.83. The van der Waals surface area contributed by atoms with Crippen molar-refractivity contribution in [1.29, 1.82) is 0 Å². The smallest absolute Gasteiger partial charge is 0.327 e. The van der Waals surface area contributed by atoms with Gasteiger partial charge in [0.25, 0.3) is 0 Å². The van der Waals surface area contributed by atoms with Gasteiger partial charge in [-0.15, -0.1) is 0 Å². The van der Waals surface area contributed by atoms with E-state index in [1.165, 1.54) is 7.11 Å². The topological polar surface area (TPSA) is 61.5 Å². The molecule has 0 bridgehead atoms. The molecule has 0 unspecified atom stereocenters. The Morgan fingerprint density at radius 1 is 1.11 bits per heavy atom. The summed E-state index contributed by atoms with van der Waals surface area (Å²) in [5, 5.41) is 2.04. The van der Waals surface area contributed by atoms with E-state index in [2.05, 4.69) is 4.74 Å². The normalized spacial score (nSPS) is 12.2. The summed E-state index contributed by atoms with van der Waals surface area (Å²) in [4.78, 5) is 11.4. The SMILES string of the molecule is COC(=O)[C@H](N)c1ccc2cc(OC)ccc2c1. The lowest BCUT2D eigenvalue weighted by Crippen LogP contribution is -2.22. The van der Waals surface area contributed by atoms with Gasteiger partial charge in [-0.05, 0) is 34.5 Å². The first-order chi connectivity index (χ1) is 8.65. The lowest BCUT2D eigenvalue weighted by molar-refractivity contribution is -0.142. The summed E-state index contributed by atoms with van der Waals surface area (Å²) < 4.78 is 9.79. The van der Waals surface area contributed by atoms with Crippen LogP contribution in [0.4, 0.5) is 0 Å². The molecule has 4 heteroatoms. The number of esters is 1. The Kier molecular flexibility index (Phi) is 3.48. The molecule has 0 aromatic heterocycles. The molecule has 0 saturated heterocycles. The van der Waals surface area contributed by atoms with Crippen LogP contribution < -0.4 is 10.5 Å². The number of ether oxygens (including phenoxy) is 2. The van der Waals surface area contributed by atoms with E-state index in [0.29, 0.717) is 0 Å². The van der Waals surface area contributed by atoms with Crippen molar-refractivity contribution in [3.8, 4) is 5.75 Å². The number of carbonyl (C=O) groups excluding carboxylic acids is 1. The van der Waals surface area contributed by atoms with Crippen molar-refractivity contribution < 1.29 is 14.3 Å². The third-order valence-electron chi connectivity index (χ3n) is 2.89. The number of rotatable bonds is 3. The molecular weight excluding hydrogens is 230 g/mol. The number of nitrogens with two attached hydrogens (primary N) is 1. The largest absolute Gasteiger partial charge is 0.497 e. The molecule has 2 aromatic rings. The minimum absolute atomic E-state index is 0.442. The fourth-order valence-electron chi connectivity index (χ4n) is 1.83. The number of carbonyl (C=O) groups is 1. The van der Waals surface area contributed by atoms with E-state index in [0.717, 1.165) is 22.1 Å². The van der Waals surface area contributed by atoms with Crippen LogP contribution in [0.2, 0.25) is 0 Å². The Morgan fingerprint density at radius 2 is 1.78 bits per heavy atom. The third-order valence-corrected chi connectivity index (χ3v) is 2.89. The first-order valence-corrected chi connectivity index (χ1v) is 5.57. The van der Waals surface area contributed by atoms with Gasteiger partial charge in [-0.3, -0.25) is 4.79 Å². The molecule has 0 amide bonds. The summed E-state index contributed by atoms with van der Waals surface area (Å²) >= 11 is 0. The first kappa shape index (κ1) is 12.4. The Labute approximate surface area is 105 Å². The predicted octanol–water partition coefficient (Wildman–Crippen LogP) is 2.02. The average molecular weight is 245 g/mol. The highest BCUT2D eigenvalue weighted by molar-refractivity contribution is 5.86. The highest BCUT2D eigenvalue weighted by Gasteiger charge is 2.16. The zero-order chi connectivity index (χ0) is 13.1. The van der Waals surface area contributed by atoms with E-state index in [1.807, 2.05) is 36.4 Å². The highest BCUT2D eigenvalue weighted by atomic mass is 16.5. The molecule has 0 fully saturated rings. The van der Waals surface area contributed by atoms with E-state index >= 15 is 0 Å². The lowest BCUT2D eigenvalue weighted by atomic mass is 10.0. The van der Waals surface area contributed by atoms with Crippen LogP contribution in [-0.4, -0.2) is 20.2 Å². The predicted molar refractivity (Wildman–Crippen MR) is 69.4 cm³/mol. The average Bonchev–Trinajstić information content (AvgIpc) is 2.44. The molecule has 1 atom stereocenters. The van der Waals surface area contributed by atoms with Crippen LogP contribution in [0.5, 0.6) is 5.75 Å². The van der Waals surface area contributed by atoms with Gasteiger partial charge >= 0.3 is 5.97 Å². The zero-order valence-electron chi connectivity index (χ0n) is 10.3. The number of fused-ring (bicyclic) bond motifs is 1. The van der Waals surface area contributed by atoms with Crippen LogP contribution in [0.25, 0.3) is 10.8 Å². The second kappa shape index (κ2) is 5.06. The van der Waals surface area contributed by atoms with Crippen LogP contribution in [0.15, 0.2) is 36.4 Å². The van der Waals surface area contributed by atoms with E-state index in [4.69, 9.17) is 10.5 Å². The molecule has 0 radical (unpaired) electrons. The quantitative estimate of drug-likeness (QED) is 0.840. The van der Waals surface area contributed by atoms with Gasteiger partial charge in [0, 0.05) is 0 Å². The van der Waals surface area contributed by atoms with Crippen molar-refractivity contribution in [3.63, 3.8) is 0 Å². The van der Waals surface area contributed by atoms with Gasteiger partial charge in [0.1, 0.15) is 11.8 Å². The van der Waals surface area contributed by atoms with Crippen LogP contribution in [0.1, 0.15) is 11.6 Å². The number of hydrogen-bond donors (Lipinski definition) is 1. The molecule has 94 valence electrons. The Morgan fingerprint density at radius 3 is 2.44 bits per heavy atom. The van der Waals surface area contributed by atoms with E-state index in [1.54, 1.807) is 7.11 Å². The molecule has 0 heterocycles. The minimum Gasteiger partial charge on any atom is -0.497 e. The summed E-state index contributed by atoms with van der Waals surface area (Å²) in [7, 11) is 2.96. The molecule has 0 saturated carbocycles.